The average Bonchev–Trinajstić information content (AvgIpc) is 3.30. The molecule has 0 saturated carbocycles. The lowest BCUT2D eigenvalue weighted by molar-refractivity contribution is 0.205. The Kier molecular flexibility index (Phi) is 8.50. The monoisotopic (exact) mass is 555 g/mol. The quantitative estimate of drug-likeness (QED) is 0.210. The van der Waals surface area contributed by atoms with Gasteiger partial charge in [-0.15, -0.1) is 0 Å². The van der Waals surface area contributed by atoms with Crippen molar-refractivity contribution >= 4 is 42.1 Å². The number of benzene rings is 1. The molecule has 2 unspecified atom stereocenters. The van der Waals surface area contributed by atoms with Crippen LogP contribution in [0.3, 0.4) is 0 Å². The van der Waals surface area contributed by atoms with Gasteiger partial charge in [-0.3, -0.25) is 0 Å². The molecule has 5 nitrogen and oxygen atoms in total. The van der Waals surface area contributed by atoms with Crippen LogP contribution in [0.2, 0.25) is 21.6 Å². The van der Waals surface area contributed by atoms with Crippen LogP contribution in [0, 0.1) is 5.92 Å². The molecule has 1 aromatic carbocycles. The van der Waals surface area contributed by atoms with E-state index in [1.54, 1.807) is 25.7 Å². The van der Waals surface area contributed by atoms with Crippen molar-refractivity contribution in [3.63, 3.8) is 0 Å². The van der Waals surface area contributed by atoms with Crippen molar-refractivity contribution in [1.29, 1.82) is 0 Å². The predicted octanol–water partition coefficient (Wildman–Crippen LogP) is 7.66. The van der Waals surface area contributed by atoms with Crippen LogP contribution in [0.25, 0.3) is 11.0 Å². The zero-order chi connectivity index (χ0) is 27.8. The normalized spacial score (nSPS) is 17.3. The minimum atomic E-state index is -2.26. The fourth-order valence-electron chi connectivity index (χ4n) is 6.93. The number of pyridine rings is 1. The van der Waals surface area contributed by atoms with Crippen molar-refractivity contribution in [3.8, 4) is 5.75 Å². The van der Waals surface area contributed by atoms with Gasteiger partial charge in [0.25, 0.3) is 0 Å². The molecule has 0 radical (unpaired) electrons. The Morgan fingerprint density at radius 2 is 1.79 bits per heavy atom. The van der Waals surface area contributed by atoms with Crippen LogP contribution < -0.4 is 9.92 Å². The van der Waals surface area contributed by atoms with E-state index in [0.717, 1.165) is 21.9 Å². The molecule has 8 heteroatoms. The summed E-state index contributed by atoms with van der Waals surface area (Å²) in [6.07, 6.45) is 4.99. The molecule has 1 aliphatic heterocycles. The molecule has 2 atom stereocenters. The molecule has 0 bridgehead atoms. The molecule has 0 aliphatic carbocycles. The number of nitrogens with zero attached hydrogens (tertiary/aromatic N) is 2. The topological polar surface area (TPSA) is 70.5 Å². The number of hydrogen-bond donors (Lipinski definition) is 2. The molecule has 3 heterocycles. The van der Waals surface area contributed by atoms with Gasteiger partial charge < -0.3 is 14.8 Å². The highest BCUT2D eigenvalue weighted by molar-refractivity contribution is 6.97. The Labute approximate surface area is 231 Å². The summed E-state index contributed by atoms with van der Waals surface area (Å²) in [4.78, 5) is 11.9. The molecular formula is C30H39ClFN3O2Si. The van der Waals surface area contributed by atoms with Gasteiger partial charge in [-0.25, -0.2) is 9.98 Å². The van der Waals surface area contributed by atoms with Crippen LogP contribution in [-0.2, 0) is 6.42 Å². The second-order valence-electron chi connectivity index (χ2n) is 11.3. The minimum Gasteiger partial charge on any atom is -0.495 e. The molecule has 2 N–H and O–H groups in total. The van der Waals surface area contributed by atoms with Gasteiger partial charge in [-0.05, 0) is 46.3 Å². The van der Waals surface area contributed by atoms with Crippen LogP contribution in [0.4, 0.5) is 4.39 Å². The summed E-state index contributed by atoms with van der Waals surface area (Å²) >= 11 is 6.38. The van der Waals surface area contributed by atoms with Crippen molar-refractivity contribution in [2.75, 3.05) is 7.11 Å². The van der Waals surface area contributed by atoms with E-state index in [4.69, 9.17) is 16.3 Å². The first-order chi connectivity index (χ1) is 18.0. The SMILES string of the molecule is COc1cnc2[nH]cc(C(O)C3=C(F)N=CC(Cc4ccccc4Cl)C3)c2c1[Si](C(C)C)(C(C)C)C(C)C. The number of halogens is 2. The number of nitrogens with one attached hydrogen (secondary N) is 1. The van der Waals surface area contributed by atoms with Crippen molar-refractivity contribution in [3.05, 3.63) is 64.3 Å². The highest BCUT2D eigenvalue weighted by atomic mass is 35.5. The van der Waals surface area contributed by atoms with Gasteiger partial charge in [0.15, 0.2) is 0 Å². The highest BCUT2D eigenvalue weighted by Gasteiger charge is 2.48. The minimum absolute atomic E-state index is 0.0770. The Hall–Kier alpha value is -2.48. The molecule has 0 spiro atoms. The fraction of sp³-hybridized carbons (Fsp3) is 0.467. The first-order valence-corrected chi connectivity index (χ1v) is 16.0. The van der Waals surface area contributed by atoms with E-state index in [1.807, 2.05) is 24.3 Å². The summed E-state index contributed by atoms with van der Waals surface area (Å²) < 4.78 is 21.1. The van der Waals surface area contributed by atoms with Crippen LogP contribution >= 0.6 is 11.6 Å². The zero-order valence-electron chi connectivity index (χ0n) is 23.3. The van der Waals surface area contributed by atoms with Crippen molar-refractivity contribution < 1.29 is 14.2 Å². The maximum Gasteiger partial charge on any atom is 0.214 e. The second-order valence-corrected chi connectivity index (χ2v) is 17.6. The molecule has 4 rings (SSSR count). The van der Waals surface area contributed by atoms with E-state index in [1.165, 1.54) is 0 Å². The van der Waals surface area contributed by atoms with Crippen LogP contribution in [0.1, 0.15) is 65.2 Å². The largest absolute Gasteiger partial charge is 0.495 e. The molecule has 3 aromatic rings. The maximum absolute atomic E-state index is 15.2. The zero-order valence-corrected chi connectivity index (χ0v) is 25.1. The number of fused-ring (bicyclic) bond motifs is 1. The van der Waals surface area contributed by atoms with Crippen molar-refractivity contribution in [1.82, 2.24) is 9.97 Å². The smallest absolute Gasteiger partial charge is 0.214 e. The Bertz CT molecular complexity index is 1340. The number of aliphatic hydroxyl groups is 1. The number of ether oxygens (including phenoxy) is 1. The summed E-state index contributed by atoms with van der Waals surface area (Å²) in [7, 11) is -0.589. The van der Waals surface area contributed by atoms with Gasteiger partial charge in [-0.2, -0.15) is 4.39 Å². The summed E-state index contributed by atoms with van der Waals surface area (Å²) in [6.45, 7) is 13.7. The van der Waals surface area contributed by atoms with E-state index < -0.39 is 20.1 Å². The molecule has 204 valence electrons. The fourth-order valence-corrected chi connectivity index (χ4v) is 14.2. The first-order valence-electron chi connectivity index (χ1n) is 13.4. The van der Waals surface area contributed by atoms with E-state index >= 15 is 4.39 Å². The van der Waals surface area contributed by atoms with E-state index in [-0.39, 0.29) is 11.5 Å². The third-order valence-corrected chi connectivity index (χ3v) is 15.9. The van der Waals surface area contributed by atoms with E-state index in [0.29, 0.717) is 45.7 Å². The lowest BCUT2D eigenvalue weighted by Gasteiger charge is -2.44. The maximum atomic E-state index is 15.2. The van der Waals surface area contributed by atoms with E-state index in [2.05, 4.69) is 56.5 Å². The number of methoxy groups -OCH3 is 1. The number of aromatic amines is 1. The Morgan fingerprint density at radius 3 is 2.39 bits per heavy atom. The number of hydrogen-bond acceptors (Lipinski definition) is 4. The van der Waals surface area contributed by atoms with Crippen LogP contribution in [0.5, 0.6) is 5.75 Å². The second kappa shape index (κ2) is 11.3. The van der Waals surface area contributed by atoms with Gasteiger partial charge in [0.1, 0.15) is 25.6 Å². The number of H-pyrrole nitrogens is 1. The van der Waals surface area contributed by atoms with Crippen molar-refractivity contribution in [2.45, 2.75) is 77.1 Å². The average molecular weight is 556 g/mol. The molecule has 38 heavy (non-hydrogen) atoms. The highest BCUT2D eigenvalue weighted by Crippen LogP contribution is 2.46. The summed E-state index contributed by atoms with van der Waals surface area (Å²) in [5, 5.41) is 14.4. The first kappa shape index (κ1) is 28.5. The summed E-state index contributed by atoms with van der Waals surface area (Å²) in [5.74, 6) is 0.0348. The number of rotatable bonds is 9. The molecule has 1 aliphatic rings. The van der Waals surface area contributed by atoms with Gasteiger partial charge in [0.05, 0.1) is 13.3 Å². The molecular weight excluding hydrogens is 517 g/mol. The molecule has 0 saturated heterocycles. The molecule has 0 fully saturated rings. The third kappa shape index (κ3) is 4.85. The summed E-state index contributed by atoms with van der Waals surface area (Å²) in [5.41, 5.74) is 3.77. The van der Waals surface area contributed by atoms with Crippen LogP contribution in [-0.4, -0.2) is 36.5 Å². The Morgan fingerprint density at radius 1 is 1.13 bits per heavy atom. The lowest BCUT2D eigenvalue weighted by Crippen LogP contribution is -2.56. The number of aliphatic hydroxyl groups excluding tert-OH is 1. The van der Waals surface area contributed by atoms with Gasteiger partial charge in [0, 0.05) is 39.9 Å². The van der Waals surface area contributed by atoms with Gasteiger partial charge in [0.2, 0.25) is 5.95 Å². The summed E-state index contributed by atoms with van der Waals surface area (Å²) in [6, 6.07) is 7.65. The van der Waals surface area contributed by atoms with E-state index in [9.17, 15) is 5.11 Å². The van der Waals surface area contributed by atoms with Crippen molar-refractivity contribution in [2.24, 2.45) is 10.9 Å². The molecule has 0 amide bonds. The number of aliphatic imine (C=N–C) groups is 1. The van der Waals surface area contributed by atoms with Crippen LogP contribution in [0.15, 0.2) is 53.2 Å². The lowest BCUT2D eigenvalue weighted by atomic mass is 9.88. The Balaban J connectivity index is 1.84. The molecule has 2 aromatic heterocycles. The predicted molar refractivity (Wildman–Crippen MR) is 158 cm³/mol. The van der Waals surface area contributed by atoms with Gasteiger partial charge >= 0.3 is 0 Å². The number of aromatic nitrogens is 2. The van der Waals surface area contributed by atoms with Gasteiger partial charge in [-0.1, -0.05) is 71.3 Å². The standard InChI is InChI=1S/C30H39ClFN3O2Si/c1-17(2)38(18(3)4,19(5)6)28-25(37-7)16-35-30-26(28)23(15-34-30)27(36)22-13-20(14-33-29(22)32)12-21-10-8-9-11-24(21)31/h8-11,14-20,27,36H,12-13H2,1-7H3,(H,34,35). The third-order valence-electron chi connectivity index (χ3n) is 8.43.